The number of carboxylic acids is 1. The van der Waals surface area contributed by atoms with Gasteiger partial charge in [-0.25, -0.2) is 0 Å². The zero-order valence-electron chi connectivity index (χ0n) is 14.2. The highest BCUT2D eigenvalue weighted by atomic mass is 16.4. The van der Waals surface area contributed by atoms with Crippen LogP contribution in [0.25, 0.3) is 0 Å². The number of piperidine rings is 2. The molecule has 0 aromatic heterocycles. The summed E-state index contributed by atoms with van der Waals surface area (Å²) in [6.45, 7) is 2.47. The summed E-state index contributed by atoms with van der Waals surface area (Å²) >= 11 is 0. The molecule has 6 heteroatoms. The monoisotopic (exact) mass is 344 g/mol. The second kappa shape index (κ2) is 7.78. The highest BCUT2D eigenvalue weighted by Gasteiger charge is 2.28. The summed E-state index contributed by atoms with van der Waals surface area (Å²) in [5.41, 5.74) is 2.24. The summed E-state index contributed by atoms with van der Waals surface area (Å²) in [5.74, 6) is -0.879. The Labute approximate surface area is 147 Å². The van der Waals surface area contributed by atoms with Crippen molar-refractivity contribution in [3.63, 3.8) is 0 Å². The normalized spacial score (nSPS) is 22.6. The highest BCUT2D eigenvalue weighted by Crippen LogP contribution is 2.30. The Morgan fingerprint density at radius 3 is 2.32 bits per heavy atom. The number of hydrogen-bond acceptors (Lipinski definition) is 4. The van der Waals surface area contributed by atoms with Crippen LogP contribution in [0, 0.1) is 0 Å². The molecule has 1 aromatic rings. The van der Waals surface area contributed by atoms with Gasteiger partial charge in [-0.1, -0.05) is 24.3 Å². The molecule has 134 valence electrons. The van der Waals surface area contributed by atoms with Crippen molar-refractivity contribution in [1.29, 1.82) is 0 Å². The van der Waals surface area contributed by atoms with Crippen LogP contribution in [-0.2, 0) is 14.4 Å². The molecule has 2 saturated heterocycles. The molecule has 0 spiro atoms. The number of carbonyl (C=O) groups excluding carboxylic acids is 2. The molecule has 0 bridgehead atoms. The van der Waals surface area contributed by atoms with E-state index in [1.807, 2.05) is 12.1 Å². The third-order valence-electron chi connectivity index (χ3n) is 5.28. The van der Waals surface area contributed by atoms with Gasteiger partial charge in [-0.2, -0.15) is 0 Å². The van der Waals surface area contributed by atoms with Crippen molar-refractivity contribution in [3.05, 3.63) is 35.4 Å². The number of carbonyl (C=O) groups is 3. The van der Waals surface area contributed by atoms with Gasteiger partial charge in [0.1, 0.15) is 0 Å². The Hall–Kier alpha value is -2.21. The third kappa shape index (κ3) is 4.45. The van der Waals surface area contributed by atoms with Crippen molar-refractivity contribution in [1.82, 2.24) is 10.2 Å². The van der Waals surface area contributed by atoms with Crippen LogP contribution in [0.3, 0.4) is 0 Å². The van der Waals surface area contributed by atoms with Gasteiger partial charge in [0.15, 0.2) is 0 Å². The standard InChI is InChI=1S/C19H24N2O4/c22-17-6-5-16(19(25)20-17)15-3-1-13(2-4-15)14-7-10-21(11-8-14)12-9-18(23)24/h1-4,14,16H,5-12H2,(H,23,24)(H,20,22,25). The molecule has 25 heavy (non-hydrogen) atoms. The molecule has 2 fully saturated rings. The van der Waals surface area contributed by atoms with Gasteiger partial charge in [-0.05, 0) is 49.4 Å². The fourth-order valence-corrected chi connectivity index (χ4v) is 3.76. The van der Waals surface area contributed by atoms with Gasteiger partial charge < -0.3 is 10.0 Å². The lowest BCUT2D eigenvalue weighted by atomic mass is 9.86. The fraction of sp³-hybridized carbons (Fsp3) is 0.526. The summed E-state index contributed by atoms with van der Waals surface area (Å²) in [6, 6.07) is 8.20. The molecule has 2 amide bonds. The van der Waals surface area contributed by atoms with E-state index in [1.54, 1.807) is 0 Å². The van der Waals surface area contributed by atoms with Crippen LogP contribution in [0.4, 0.5) is 0 Å². The molecule has 2 heterocycles. The number of imide groups is 1. The summed E-state index contributed by atoms with van der Waals surface area (Å²) < 4.78 is 0. The second-order valence-corrected chi connectivity index (χ2v) is 6.93. The molecule has 2 N–H and O–H groups in total. The minimum Gasteiger partial charge on any atom is -0.481 e. The summed E-state index contributed by atoms with van der Waals surface area (Å²) in [4.78, 5) is 36.1. The topological polar surface area (TPSA) is 86.7 Å². The van der Waals surface area contributed by atoms with E-state index >= 15 is 0 Å². The van der Waals surface area contributed by atoms with Crippen molar-refractivity contribution < 1.29 is 19.5 Å². The maximum atomic E-state index is 12.0. The largest absolute Gasteiger partial charge is 0.481 e. The summed E-state index contributed by atoms with van der Waals surface area (Å²) in [5, 5.41) is 11.2. The van der Waals surface area contributed by atoms with Crippen LogP contribution in [0.1, 0.15) is 55.1 Å². The Morgan fingerprint density at radius 1 is 1.08 bits per heavy atom. The number of rotatable bonds is 5. The molecular formula is C19H24N2O4. The van der Waals surface area contributed by atoms with E-state index in [1.165, 1.54) is 5.56 Å². The SMILES string of the molecule is O=C(O)CCN1CCC(c2ccc(C3CCC(=O)NC3=O)cc2)CC1. The molecule has 0 saturated carbocycles. The van der Waals surface area contributed by atoms with E-state index < -0.39 is 5.97 Å². The predicted octanol–water partition coefficient (Wildman–Crippen LogP) is 1.86. The minimum atomic E-state index is -0.744. The molecule has 1 atom stereocenters. The minimum absolute atomic E-state index is 0.187. The number of amides is 2. The van der Waals surface area contributed by atoms with Crippen molar-refractivity contribution in [2.45, 2.75) is 43.9 Å². The molecule has 0 aliphatic carbocycles. The summed E-state index contributed by atoms with van der Waals surface area (Å²) in [6.07, 6.45) is 3.22. The van der Waals surface area contributed by atoms with Crippen LogP contribution in [0.2, 0.25) is 0 Å². The van der Waals surface area contributed by atoms with Gasteiger partial charge in [0.05, 0.1) is 12.3 Å². The lowest BCUT2D eigenvalue weighted by Crippen LogP contribution is -2.39. The van der Waals surface area contributed by atoms with E-state index in [2.05, 4.69) is 22.3 Å². The first-order valence-electron chi connectivity index (χ1n) is 8.90. The van der Waals surface area contributed by atoms with Gasteiger partial charge in [0, 0.05) is 13.0 Å². The van der Waals surface area contributed by atoms with E-state index in [9.17, 15) is 14.4 Å². The lowest BCUT2D eigenvalue weighted by Gasteiger charge is -2.32. The Morgan fingerprint density at radius 2 is 1.72 bits per heavy atom. The molecule has 1 aromatic carbocycles. The average molecular weight is 344 g/mol. The van der Waals surface area contributed by atoms with Crippen LogP contribution in [-0.4, -0.2) is 47.4 Å². The first-order valence-corrected chi connectivity index (χ1v) is 8.90. The van der Waals surface area contributed by atoms with Gasteiger partial charge in [-0.3, -0.25) is 19.7 Å². The predicted molar refractivity (Wildman–Crippen MR) is 92.2 cm³/mol. The number of likely N-dealkylation sites (tertiary alicyclic amines) is 1. The summed E-state index contributed by atoms with van der Waals surface area (Å²) in [7, 11) is 0. The molecule has 1 unspecified atom stereocenters. The van der Waals surface area contributed by atoms with Gasteiger partial charge in [0.2, 0.25) is 11.8 Å². The molecular weight excluding hydrogens is 320 g/mol. The van der Waals surface area contributed by atoms with Crippen LogP contribution >= 0.6 is 0 Å². The van der Waals surface area contributed by atoms with Crippen molar-refractivity contribution in [2.75, 3.05) is 19.6 Å². The maximum Gasteiger partial charge on any atom is 0.304 e. The number of carboxylic acid groups (broad SMARTS) is 1. The van der Waals surface area contributed by atoms with Crippen molar-refractivity contribution >= 4 is 17.8 Å². The first-order chi connectivity index (χ1) is 12.0. The molecule has 2 aliphatic rings. The lowest BCUT2D eigenvalue weighted by molar-refractivity contribution is -0.137. The molecule has 3 rings (SSSR count). The van der Waals surface area contributed by atoms with E-state index in [0.29, 0.717) is 25.3 Å². The quantitative estimate of drug-likeness (QED) is 0.796. The van der Waals surface area contributed by atoms with E-state index in [4.69, 9.17) is 5.11 Å². The smallest absolute Gasteiger partial charge is 0.304 e. The molecule has 0 radical (unpaired) electrons. The van der Waals surface area contributed by atoms with Crippen molar-refractivity contribution in [2.24, 2.45) is 0 Å². The van der Waals surface area contributed by atoms with Crippen molar-refractivity contribution in [3.8, 4) is 0 Å². The van der Waals surface area contributed by atoms with Crippen LogP contribution in [0.15, 0.2) is 24.3 Å². The zero-order chi connectivity index (χ0) is 17.8. The van der Waals surface area contributed by atoms with Gasteiger partial charge in [-0.15, -0.1) is 0 Å². The molecule has 6 nitrogen and oxygen atoms in total. The Bertz CT molecular complexity index is 648. The van der Waals surface area contributed by atoms with E-state index in [-0.39, 0.29) is 24.2 Å². The Balaban J connectivity index is 1.55. The maximum absolute atomic E-state index is 12.0. The first kappa shape index (κ1) is 17.6. The molecule has 2 aliphatic heterocycles. The van der Waals surface area contributed by atoms with E-state index in [0.717, 1.165) is 31.5 Å². The average Bonchev–Trinajstić information content (AvgIpc) is 2.61. The number of hydrogen-bond donors (Lipinski definition) is 2. The number of benzene rings is 1. The second-order valence-electron chi connectivity index (χ2n) is 6.93. The van der Waals surface area contributed by atoms with Gasteiger partial charge in [0.25, 0.3) is 0 Å². The zero-order valence-corrected chi connectivity index (χ0v) is 14.2. The fourth-order valence-electron chi connectivity index (χ4n) is 3.76. The van der Waals surface area contributed by atoms with Gasteiger partial charge >= 0.3 is 5.97 Å². The van der Waals surface area contributed by atoms with Crippen LogP contribution in [0.5, 0.6) is 0 Å². The number of aliphatic carboxylic acids is 1. The third-order valence-corrected chi connectivity index (χ3v) is 5.28. The number of nitrogens with zero attached hydrogens (tertiary/aromatic N) is 1. The Kier molecular flexibility index (Phi) is 5.48. The highest BCUT2D eigenvalue weighted by molar-refractivity contribution is 6.00. The van der Waals surface area contributed by atoms with Crippen LogP contribution < -0.4 is 5.32 Å². The number of nitrogens with one attached hydrogen (secondary N) is 1.